The fourth-order valence-electron chi connectivity index (χ4n) is 0.734. The first-order valence-corrected chi connectivity index (χ1v) is 3.34. The van der Waals surface area contributed by atoms with E-state index >= 15 is 0 Å². The molecule has 1 heterocycles. The van der Waals surface area contributed by atoms with Crippen LogP contribution in [-0.2, 0) is 11.2 Å². The molecule has 1 N–H and O–H groups in total. The van der Waals surface area contributed by atoms with Gasteiger partial charge in [0, 0.05) is 18.9 Å². The molecule has 0 fully saturated rings. The summed E-state index contributed by atoms with van der Waals surface area (Å²) in [5, 5.41) is 2.56. The van der Waals surface area contributed by atoms with E-state index < -0.39 is 0 Å². The second-order valence-corrected chi connectivity index (χ2v) is 2.07. The van der Waals surface area contributed by atoms with Gasteiger partial charge in [-0.2, -0.15) is 0 Å². The average molecular weight is 151 g/mol. The van der Waals surface area contributed by atoms with E-state index in [0.29, 0.717) is 13.0 Å². The third-order valence-electron chi connectivity index (χ3n) is 1.26. The molecular formula is C7H9N3O. The van der Waals surface area contributed by atoms with E-state index in [1.165, 1.54) is 6.33 Å². The number of nitrogens with zero attached hydrogens (tertiary/aromatic N) is 2. The predicted octanol–water partition coefficient (Wildman–Crippen LogP) is -0.235. The lowest BCUT2D eigenvalue weighted by molar-refractivity contribution is -0.109. The zero-order valence-corrected chi connectivity index (χ0v) is 6.03. The Labute approximate surface area is 64.7 Å². The van der Waals surface area contributed by atoms with Crippen LogP contribution < -0.4 is 5.32 Å². The topological polar surface area (TPSA) is 54.9 Å². The lowest BCUT2D eigenvalue weighted by Crippen LogP contribution is -2.14. The van der Waals surface area contributed by atoms with Gasteiger partial charge in [0.1, 0.15) is 6.33 Å². The Hall–Kier alpha value is -1.45. The van der Waals surface area contributed by atoms with Crippen LogP contribution in [0.2, 0.25) is 0 Å². The van der Waals surface area contributed by atoms with Crippen LogP contribution in [0.15, 0.2) is 18.7 Å². The summed E-state index contributed by atoms with van der Waals surface area (Å²) < 4.78 is 0. The molecule has 0 atom stereocenters. The van der Waals surface area contributed by atoms with Crippen molar-refractivity contribution in [3.8, 4) is 0 Å². The van der Waals surface area contributed by atoms with Crippen LogP contribution in [0.1, 0.15) is 5.56 Å². The van der Waals surface area contributed by atoms with E-state index in [4.69, 9.17) is 0 Å². The molecule has 0 aliphatic rings. The lowest BCUT2D eigenvalue weighted by atomic mass is 10.2. The van der Waals surface area contributed by atoms with E-state index in [1.54, 1.807) is 12.4 Å². The van der Waals surface area contributed by atoms with E-state index in [0.717, 1.165) is 12.0 Å². The summed E-state index contributed by atoms with van der Waals surface area (Å²) in [6, 6.07) is 0. The van der Waals surface area contributed by atoms with Gasteiger partial charge in [-0.25, -0.2) is 9.97 Å². The largest absolute Gasteiger partial charge is 0.358 e. The predicted molar refractivity (Wildman–Crippen MR) is 39.8 cm³/mol. The van der Waals surface area contributed by atoms with Crippen molar-refractivity contribution in [2.45, 2.75) is 6.42 Å². The van der Waals surface area contributed by atoms with Gasteiger partial charge >= 0.3 is 0 Å². The van der Waals surface area contributed by atoms with Gasteiger partial charge in [-0.15, -0.1) is 0 Å². The molecule has 4 nitrogen and oxygen atoms in total. The molecule has 0 spiro atoms. The first-order chi connectivity index (χ1) is 5.43. The van der Waals surface area contributed by atoms with Crippen LogP contribution in [0.25, 0.3) is 0 Å². The number of rotatable bonds is 4. The van der Waals surface area contributed by atoms with Crippen LogP contribution >= 0.6 is 0 Å². The summed E-state index contributed by atoms with van der Waals surface area (Å²) in [7, 11) is 0. The minimum atomic E-state index is 0.636. The van der Waals surface area contributed by atoms with Gasteiger partial charge in [-0.05, 0) is 12.0 Å². The van der Waals surface area contributed by atoms with Crippen molar-refractivity contribution in [1.82, 2.24) is 15.3 Å². The van der Waals surface area contributed by atoms with Gasteiger partial charge in [-0.1, -0.05) is 0 Å². The molecule has 0 aliphatic carbocycles. The molecule has 0 radical (unpaired) electrons. The number of carbonyl (C=O) groups is 1. The van der Waals surface area contributed by atoms with Crippen molar-refractivity contribution in [2.24, 2.45) is 0 Å². The minimum Gasteiger partial charge on any atom is -0.358 e. The van der Waals surface area contributed by atoms with Crippen molar-refractivity contribution >= 4 is 6.41 Å². The van der Waals surface area contributed by atoms with Crippen LogP contribution in [0.4, 0.5) is 0 Å². The Morgan fingerprint density at radius 3 is 2.82 bits per heavy atom. The van der Waals surface area contributed by atoms with Gasteiger partial charge in [0.05, 0.1) is 0 Å². The third kappa shape index (κ3) is 2.75. The smallest absolute Gasteiger partial charge is 0.207 e. The normalized spacial score (nSPS) is 9.09. The first kappa shape index (κ1) is 7.65. The Kier molecular flexibility index (Phi) is 3.05. The molecule has 1 aromatic heterocycles. The molecule has 58 valence electrons. The van der Waals surface area contributed by atoms with E-state index in [2.05, 4.69) is 15.3 Å². The second kappa shape index (κ2) is 4.38. The van der Waals surface area contributed by atoms with Crippen LogP contribution in [0.3, 0.4) is 0 Å². The maximum absolute atomic E-state index is 9.85. The second-order valence-electron chi connectivity index (χ2n) is 2.07. The van der Waals surface area contributed by atoms with Crippen molar-refractivity contribution in [1.29, 1.82) is 0 Å². The number of nitrogens with one attached hydrogen (secondary N) is 1. The Bertz CT molecular complexity index is 212. The zero-order chi connectivity index (χ0) is 7.94. The molecule has 0 aromatic carbocycles. The minimum absolute atomic E-state index is 0.636. The summed E-state index contributed by atoms with van der Waals surface area (Å²) in [5.41, 5.74) is 1.03. The SMILES string of the molecule is O=CNCCc1cncnc1. The molecule has 1 aromatic rings. The van der Waals surface area contributed by atoms with Gasteiger partial charge in [0.2, 0.25) is 6.41 Å². The summed E-state index contributed by atoms with van der Waals surface area (Å²) >= 11 is 0. The van der Waals surface area contributed by atoms with Crippen molar-refractivity contribution < 1.29 is 4.79 Å². The molecule has 1 rings (SSSR count). The van der Waals surface area contributed by atoms with Gasteiger partial charge in [0.25, 0.3) is 0 Å². The van der Waals surface area contributed by atoms with Crippen LogP contribution in [0.5, 0.6) is 0 Å². The van der Waals surface area contributed by atoms with Crippen molar-refractivity contribution in [2.75, 3.05) is 6.54 Å². The summed E-state index contributed by atoms with van der Waals surface area (Å²) in [4.78, 5) is 17.5. The molecule has 0 unspecified atom stereocenters. The number of aromatic nitrogens is 2. The third-order valence-corrected chi connectivity index (χ3v) is 1.26. The maximum Gasteiger partial charge on any atom is 0.207 e. The number of hydrogen-bond acceptors (Lipinski definition) is 3. The molecule has 0 aliphatic heterocycles. The summed E-state index contributed by atoms with van der Waals surface area (Å²) in [5.74, 6) is 0. The van der Waals surface area contributed by atoms with Crippen LogP contribution in [0, 0.1) is 0 Å². The maximum atomic E-state index is 9.85. The quantitative estimate of drug-likeness (QED) is 0.477. The fraction of sp³-hybridized carbons (Fsp3) is 0.286. The van der Waals surface area contributed by atoms with E-state index in [-0.39, 0.29) is 0 Å². The van der Waals surface area contributed by atoms with Crippen molar-refractivity contribution in [3.05, 3.63) is 24.3 Å². The molecule has 0 saturated carbocycles. The summed E-state index contributed by atoms with van der Waals surface area (Å²) in [6.07, 6.45) is 6.42. The Balaban J connectivity index is 2.33. The summed E-state index contributed by atoms with van der Waals surface area (Å²) in [6.45, 7) is 0.636. The molecule has 0 saturated heterocycles. The highest BCUT2D eigenvalue weighted by Gasteiger charge is 1.89. The van der Waals surface area contributed by atoms with Crippen molar-refractivity contribution in [3.63, 3.8) is 0 Å². The van der Waals surface area contributed by atoms with E-state index in [1.807, 2.05) is 0 Å². The molecule has 4 heteroatoms. The van der Waals surface area contributed by atoms with Gasteiger partial charge in [0.15, 0.2) is 0 Å². The highest BCUT2D eigenvalue weighted by atomic mass is 16.1. The highest BCUT2D eigenvalue weighted by molar-refractivity contribution is 5.45. The molecular weight excluding hydrogens is 142 g/mol. The first-order valence-electron chi connectivity index (χ1n) is 3.34. The number of amides is 1. The lowest BCUT2D eigenvalue weighted by Gasteiger charge is -1.96. The molecule has 0 bridgehead atoms. The molecule has 1 amide bonds. The van der Waals surface area contributed by atoms with Gasteiger partial charge in [-0.3, -0.25) is 4.79 Å². The van der Waals surface area contributed by atoms with Crippen LogP contribution in [-0.4, -0.2) is 22.9 Å². The Morgan fingerprint density at radius 1 is 1.45 bits per heavy atom. The van der Waals surface area contributed by atoms with Gasteiger partial charge < -0.3 is 5.32 Å². The Morgan fingerprint density at radius 2 is 2.18 bits per heavy atom. The highest BCUT2D eigenvalue weighted by Crippen LogP contribution is 1.91. The molecule has 11 heavy (non-hydrogen) atoms. The number of carbonyl (C=O) groups excluding carboxylic acids is 1. The van der Waals surface area contributed by atoms with E-state index in [9.17, 15) is 4.79 Å². The zero-order valence-electron chi connectivity index (χ0n) is 6.03. The monoisotopic (exact) mass is 151 g/mol. The number of hydrogen-bond donors (Lipinski definition) is 1. The average Bonchev–Trinajstić information content (AvgIpc) is 2.07. The standard InChI is InChI=1S/C7H9N3O/c11-6-8-2-1-7-3-9-5-10-4-7/h3-6H,1-2H2,(H,8,11). The fourth-order valence-corrected chi connectivity index (χ4v) is 0.734.